The van der Waals surface area contributed by atoms with E-state index in [1.54, 1.807) is 36.4 Å². The Morgan fingerprint density at radius 2 is 1.87 bits per heavy atom. The molecule has 1 fully saturated rings. The van der Waals surface area contributed by atoms with E-state index in [1.165, 1.54) is 7.11 Å². The molecule has 1 aliphatic heterocycles. The highest BCUT2D eigenvalue weighted by Crippen LogP contribution is 2.33. The molecule has 0 spiro atoms. The monoisotopic (exact) mass is 419 g/mol. The number of esters is 1. The second kappa shape index (κ2) is 8.14. The van der Waals surface area contributed by atoms with Gasteiger partial charge in [-0.3, -0.25) is 24.1 Å². The first-order chi connectivity index (χ1) is 14.9. The number of methoxy groups -OCH3 is 1. The molecule has 1 aromatic heterocycles. The van der Waals surface area contributed by atoms with Crippen LogP contribution in [0.3, 0.4) is 0 Å². The van der Waals surface area contributed by atoms with Gasteiger partial charge in [0.05, 0.1) is 23.8 Å². The molecule has 0 radical (unpaired) electrons. The maximum absolute atomic E-state index is 13.0. The molecule has 2 unspecified atom stereocenters. The van der Waals surface area contributed by atoms with Crippen LogP contribution in [-0.2, 0) is 19.1 Å². The number of fused-ring (bicyclic) bond motifs is 1. The van der Waals surface area contributed by atoms with Gasteiger partial charge < -0.3 is 9.72 Å². The van der Waals surface area contributed by atoms with Gasteiger partial charge in [0, 0.05) is 12.3 Å². The highest BCUT2D eigenvalue weighted by molar-refractivity contribution is 6.21. The van der Waals surface area contributed by atoms with Gasteiger partial charge in [-0.25, -0.2) is 4.98 Å². The van der Waals surface area contributed by atoms with Crippen LogP contribution in [0.5, 0.6) is 0 Å². The molecule has 31 heavy (non-hydrogen) atoms. The quantitative estimate of drug-likeness (QED) is 0.503. The maximum Gasteiger partial charge on any atom is 0.314 e. The fourth-order valence-corrected chi connectivity index (χ4v) is 3.87. The summed E-state index contributed by atoms with van der Waals surface area (Å²) in [4.78, 5) is 59.0. The summed E-state index contributed by atoms with van der Waals surface area (Å²) in [6.45, 7) is 1.91. The zero-order valence-electron chi connectivity index (χ0n) is 17.1. The Morgan fingerprint density at radius 1 is 1.16 bits per heavy atom. The highest BCUT2D eigenvalue weighted by atomic mass is 16.5. The summed E-state index contributed by atoms with van der Waals surface area (Å²) in [5, 5.41) is 0. The van der Waals surface area contributed by atoms with Gasteiger partial charge in [-0.2, -0.15) is 0 Å². The molecule has 2 heterocycles. The maximum atomic E-state index is 13.0. The SMILES string of the molecule is COC(=O)C(CC1CC(=O)N(c2ccc(C)cc2)C1=O)c1nc2ccccc2[nH]c1=O. The summed E-state index contributed by atoms with van der Waals surface area (Å²) in [5.74, 6) is -3.26. The van der Waals surface area contributed by atoms with Gasteiger partial charge >= 0.3 is 5.97 Å². The Morgan fingerprint density at radius 3 is 2.58 bits per heavy atom. The number of imide groups is 1. The minimum absolute atomic E-state index is 0.0282. The van der Waals surface area contributed by atoms with E-state index in [0.717, 1.165) is 10.5 Å². The Balaban J connectivity index is 1.66. The molecule has 8 heteroatoms. The molecule has 1 saturated heterocycles. The van der Waals surface area contributed by atoms with Crippen LogP contribution in [-0.4, -0.2) is 34.9 Å². The molecule has 0 saturated carbocycles. The van der Waals surface area contributed by atoms with Crippen LogP contribution in [0.25, 0.3) is 11.0 Å². The van der Waals surface area contributed by atoms with Crippen LogP contribution in [0.4, 0.5) is 5.69 Å². The first kappa shape index (κ1) is 20.5. The largest absolute Gasteiger partial charge is 0.469 e. The van der Waals surface area contributed by atoms with Crippen molar-refractivity contribution in [2.75, 3.05) is 12.0 Å². The van der Waals surface area contributed by atoms with Crippen molar-refractivity contribution in [1.29, 1.82) is 0 Å². The summed E-state index contributed by atoms with van der Waals surface area (Å²) in [6, 6.07) is 14.0. The van der Waals surface area contributed by atoms with E-state index in [2.05, 4.69) is 9.97 Å². The third kappa shape index (κ3) is 3.84. The number of nitrogens with one attached hydrogen (secondary N) is 1. The number of hydrogen-bond donors (Lipinski definition) is 1. The van der Waals surface area contributed by atoms with Gasteiger partial charge in [0.25, 0.3) is 5.56 Å². The third-order valence-electron chi connectivity index (χ3n) is 5.49. The number of rotatable bonds is 5. The lowest BCUT2D eigenvalue weighted by Crippen LogP contribution is -2.32. The number of ether oxygens (including phenoxy) is 1. The fraction of sp³-hybridized carbons (Fsp3) is 0.261. The number of carbonyl (C=O) groups excluding carboxylic acids is 3. The third-order valence-corrected chi connectivity index (χ3v) is 5.49. The Kier molecular flexibility index (Phi) is 5.37. The molecule has 1 aliphatic rings. The van der Waals surface area contributed by atoms with Crippen molar-refractivity contribution in [3.63, 3.8) is 0 Å². The summed E-state index contributed by atoms with van der Waals surface area (Å²) < 4.78 is 4.89. The lowest BCUT2D eigenvalue weighted by molar-refractivity contribution is -0.143. The fourth-order valence-electron chi connectivity index (χ4n) is 3.87. The number of hydrogen-bond acceptors (Lipinski definition) is 6. The average molecular weight is 419 g/mol. The number of benzene rings is 2. The molecule has 2 amide bonds. The first-order valence-corrected chi connectivity index (χ1v) is 9.89. The molecule has 158 valence electrons. The van der Waals surface area contributed by atoms with Crippen molar-refractivity contribution in [2.24, 2.45) is 5.92 Å². The predicted octanol–water partition coefficient (Wildman–Crippen LogP) is 2.46. The molecule has 8 nitrogen and oxygen atoms in total. The second-order valence-electron chi connectivity index (χ2n) is 7.58. The number of anilines is 1. The smallest absolute Gasteiger partial charge is 0.314 e. The lowest BCUT2D eigenvalue weighted by Gasteiger charge is -2.18. The average Bonchev–Trinajstić information content (AvgIpc) is 3.04. The molecule has 3 aromatic rings. The van der Waals surface area contributed by atoms with Crippen molar-refractivity contribution in [3.8, 4) is 0 Å². The minimum atomic E-state index is -1.07. The summed E-state index contributed by atoms with van der Waals surface area (Å²) >= 11 is 0. The zero-order chi connectivity index (χ0) is 22.1. The van der Waals surface area contributed by atoms with Crippen molar-refractivity contribution in [3.05, 3.63) is 70.1 Å². The predicted molar refractivity (Wildman–Crippen MR) is 114 cm³/mol. The van der Waals surface area contributed by atoms with E-state index in [0.29, 0.717) is 16.7 Å². The van der Waals surface area contributed by atoms with Crippen molar-refractivity contribution in [1.82, 2.24) is 9.97 Å². The van der Waals surface area contributed by atoms with Gasteiger partial charge in [0.2, 0.25) is 11.8 Å². The molecule has 1 N–H and O–H groups in total. The summed E-state index contributed by atoms with van der Waals surface area (Å²) in [5.41, 5.74) is 1.99. The number of nitrogens with zero attached hydrogens (tertiary/aromatic N) is 2. The summed E-state index contributed by atoms with van der Waals surface area (Å²) in [7, 11) is 1.21. The van der Waals surface area contributed by atoms with Crippen LogP contribution in [0.1, 0.15) is 30.0 Å². The van der Waals surface area contributed by atoms with E-state index in [1.807, 2.05) is 19.1 Å². The molecular formula is C23H21N3O5. The number of H-pyrrole nitrogens is 1. The van der Waals surface area contributed by atoms with E-state index in [9.17, 15) is 19.2 Å². The normalized spacial score (nSPS) is 17.2. The number of amides is 2. The van der Waals surface area contributed by atoms with E-state index in [-0.39, 0.29) is 24.4 Å². The van der Waals surface area contributed by atoms with E-state index < -0.39 is 29.3 Å². The minimum Gasteiger partial charge on any atom is -0.469 e. The number of aromatic nitrogens is 2. The molecular weight excluding hydrogens is 398 g/mol. The zero-order valence-corrected chi connectivity index (χ0v) is 17.1. The van der Waals surface area contributed by atoms with Crippen molar-refractivity contribution >= 4 is 34.5 Å². The van der Waals surface area contributed by atoms with Gasteiger partial charge in [-0.15, -0.1) is 0 Å². The second-order valence-corrected chi connectivity index (χ2v) is 7.58. The Labute approximate surface area is 177 Å². The topological polar surface area (TPSA) is 109 Å². The number of aromatic amines is 1. The standard InChI is InChI=1S/C23H21N3O5/c1-13-7-9-15(10-8-13)26-19(27)12-14(22(26)29)11-16(23(30)31-2)20-21(28)25-18-6-4-3-5-17(18)24-20/h3-10,14,16H,11-12H2,1-2H3,(H,25,28). The Bertz CT molecular complexity index is 1230. The van der Waals surface area contributed by atoms with E-state index in [4.69, 9.17) is 4.74 Å². The van der Waals surface area contributed by atoms with E-state index >= 15 is 0 Å². The number of para-hydroxylation sites is 2. The molecule has 0 aliphatic carbocycles. The molecule has 2 aromatic carbocycles. The number of carbonyl (C=O) groups is 3. The number of aryl methyl sites for hydroxylation is 1. The van der Waals surface area contributed by atoms with Crippen LogP contribution < -0.4 is 10.5 Å². The van der Waals surface area contributed by atoms with Crippen LogP contribution in [0, 0.1) is 12.8 Å². The van der Waals surface area contributed by atoms with Crippen molar-refractivity contribution in [2.45, 2.75) is 25.7 Å². The molecule has 0 bridgehead atoms. The van der Waals surface area contributed by atoms with Gasteiger partial charge in [-0.05, 0) is 37.6 Å². The molecule has 4 rings (SSSR count). The highest BCUT2D eigenvalue weighted by Gasteiger charge is 2.42. The first-order valence-electron chi connectivity index (χ1n) is 9.89. The van der Waals surface area contributed by atoms with Crippen LogP contribution >= 0.6 is 0 Å². The van der Waals surface area contributed by atoms with Gasteiger partial charge in [0.15, 0.2) is 0 Å². The van der Waals surface area contributed by atoms with Gasteiger partial charge in [-0.1, -0.05) is 29.8 Å². The molecule has 2 atom stereocenters. The lowest BCUT2D eigenvalue weighted by atomic mass is 9.90. The van der Waals surface area contributed by atoms with Crippen LogP contribution in [0.15, 0.2) is 53.3 Å². The summed E-state index contributed by atoms with van der Waals surface area (Å²) in [6.07, 6.45) is -0.0975. The van der Waals surface area contributed by atoms with Gasteiger partial charge in [0.1, 0.15) is 11.6 Å². The van der Waals surface area contributed by atoms with Crippen molar-refractivity contribution < 1.29 is 19.1 Å². The van der Waals surface area contributed by atoms with Crippen LogP contribution in [0.2, 0.25) is 0 Å². The Hall–Kier alpha value is -3.81.